The molecule has 1 fully saturated rings. The summed E-state index contributed by atoms with van der Waals surface area (Å²) in [7, 11) is 1.61. The van der Waals surface area contributed by atoms with Gasteiger partial charge < -0.3 is 18.6 Å². The molecular formula is C17H15N3O4. The number of rotatable bonds is 4. The highest BCUT2D eigenvalue weighted by atomic mass is 16.5. The number of aromatic nitrogens is 2. The van der Waals surface area contributed by atoms with E-state index in [1.54, 1.807) is 30.4 Å². The summed E-state index contributed by atoms with van der Waals surface area (Å²) in [4.78, 5) is 18.4. The lowest BCUT2D eigenvalue weighted by Gasteiger charge is -2.16. The zero-order valence-electron chi connectivity index (χ0n) is 13.0. The van der Waals surface area contributed by atoms with Crippen LogP contribution in [0.2, 0.25) is 0 Å². The molecule has 122 valence electrons. The summed E-state index contributed by atoms with van der Waals surface area (Å²) in [6.45, 7) is 0.516. The second-order valence-electron chi connectivity index (χ2n) is 5.54. The molecule has 1 atom stereocenters. The first kappa shape index (κ1) is 14.5. The Labute approximate surface area is 137 Å². The van der Waals surface area contributed by atoms with Gasteiger partial charge in [0.2, 0.25) is 5.91 Å². The average molecular weight is 325 g/mol. The van der Waals surface area contributed by atoms with Crippen LogP contribution in [0.15, 0.2) is 51.6 Å². The Balaban J connectivity index is 1.53. The molecule has 1 aliphatic heterocycles. The van der Waals surface area contributed by atoms with Gasteiger partial charge in [-0.3, -0.25) is 4.79 Å². The van der Waals surface area contributed by atoms with Crippen molar-refractivity contribution >= 4 is 11.6 Å². The van der Waals surface area contributed by atoms with Gasteiger partial charge in [0.1, 0.15) is 5.75 Å². The summed E-state index contributed by atoms with van der Waals surface area (Å²) in [6.07, 6.45) is 1.90. The molecule has 7 nitrogen and oxygen atoms in total. The molecule has 1 aromatic carbocycles. The highest BCUT2D eigenvalue weighted by Crippen LogP contribution is 2.32. The topological polar surface area (TPSA) is 81.6 Å². The van der Waals surface area contributed by atoms with Crippen LogP contribution < -0.4 is 9.64 Å². The Morgan fingerprint density at radius 3 is 2.79 bits per heavy atom. The number of benzene rings is 1. The van der Waals surface area contributed by atoms with Crippen LogP contribution >= 0.6 is 0 Å². The van der Waals surface area contributed by atoms with Gasteiger partial charge >= 0.3 is 0 Å². The van der Waals surface area contributed by atoms with E-state index in [4.69, 9.17) is 13.7 Å². The van der Waals surface area contributed by atoms with Gasteiger partial charge in [0.05, 0.1) is 13.4 Å². The van der Waals surface area contributed by atoms with Crippen LogP contribution in [0.4, 0.5) is 5.69 Å². The van der Waals surface area contributed by atoms with Crippen LogP contribution in [0.1, 0.15) is 18.2 Å². The molecule has 1 saturated heterocycles. The molecule has 7 heteroatoms. The molecule has 2 aromatic heterocycles. The summed E-state index contributed by atoms with van der Waals surface area (Å²) >= 11 is 0. The molecule has 1 aliphatic rings. The highest BCUT2D eigenvalue weighted by molar-refractivity contribution is 5.96. The third kappa shape index (κ3) is 2.54. The smallest absolute Gasteiger partial charge is 0.293 e. The number of hydrogen-bond acceptors (Lipinski definition) is 6. The van der Waals surface area contributed by atoms with Crippen molar-refractivity contribution in [1.29, 1.82) is 0 Å². The Morgan fingerprint density at radius 2 is 2.08 bits per heavy atom. The Hall–Kier alpha value is -3.09. The minimum Gasteiger partial charge on any atom is -0.497 e. The molecule has 0 spiro atoms. The van der Waals surface area contributed by atoms with E-state index < -0.39 is 0 Å². The van der Waals surface area contributed by atoms with Crippen molar-refractivity contribution in [2.45, 2.75) is 12.3 Å². The molecule has 1 unspecified atom stereocenters. The van der Waals surface area contributed by atoms with Crippen molar-refractivity contribution < 1.29 is 18.5 Å². The average Bonchev–Trinajstić information content (AvgIpc) is 3.34. The fourth-order valence-electron chi connectivity index (χ4n) is 2.79. The van der Waals surface area contributed by atoms with Crippen molar-refractivity contribution in [2.24, 2.45) is 0 Å². The van der Waals surface area contributed by atoms with E-state index in [0.717, 1.165) is 11.4 Å². The SMILES string of the molecule is COc1ccc(N2CC(c3noc(-c4ccco4)n3)CC2=O)cc1. The molecule has 0 bridgehead atoms. The lowest BCUT2D eigenvalue weighted by molar-refractivity contribution is -0.117. The maximum atomic E-state index is 12.3. The van der Waals surface area contributed by atoms with Crippen LogP contribution in [-0.4, -0.2) is 29.7 Å². The number of ether oxygens (including phenoxy) is 1. The molecule has 0 radical (unpaired) electrons. The van der Waals surface area contributed by atoms with Gasteiger partial charge in [0.15, 0.2) is 11.6 Å². The van der Waals surface area contributed by atoms with Crippen LogP contribution in [0, 0.1) is 0 Å². The molecule has 3 heterocycles. The number of amides is 1. The van der Waals surface area contributed by atoms with Crippen LogP contribution in [0.25, 0.3) is 11.7 Å². The second kappa shape index (κ2) is 5.84. The van der Waals surface area contributed by atoms with E-state index in [2.05, 4.69) is 10.1 Å². The van der Waals surface area contributed by atoms with Gasteiger partial charge in [-0.05, 0) is 36.4 Å². The highest BCUT2D eigenvalue weighted by Gasteiger charge is 2.34. The Morgan fingerprint density at radius 1 is 1.25 bits per heavy atom. The third-order valence-electron chi connectivity index (χ3n) is 4.05. The van der Waals surface area contributed by atoms with Gasteiger partial charge in [0.25, 0.3) is 5.89 Å². The molecule has 3 aromatic rings. The van der Waals surface area contributed by atoms with E-state index >= 15 is 0 Å². The second-order valence-corrected chi connectivity index (χ2v) is 5.54. The fourth-order valence-corrected chi connectivity index (χ4v) is 2.79. The maximum absolute atomic E-state index is 12.3. The largest absolute Gasteiger partial charge is 0.497 e. The number of furan rings is 1. The molecular weight excluding hydrogens is 310 g/mol. The molecule has 1 amide bonds. The molecule has 24 heavy (non-hydrogen) atoms. The van der Waals surface area contributed by atoms with Gasteiger partial charge in [-0.25, -0.2) is 0 Å². The van der Waals surface area contributed by atoms with Crippen LogP contribution in [0.3, 0.4) is 0 Å². The monoisotopic (exact) mass is 325 g/mol. The van der Waals surface area contributed by atoms with E-state index in [9.17, 15) is 4.79 Å². The molecule has 0 aliphatic carbocycles. The number of anilines is 1. The van der Waals surface area contributed by atoms with Gasteiger partial charge in [-0.2, -0.15) is 4.98 Å². The first-order valence-corrected chi connectivity index (χ1v) is 7.56. The zero-order chi connectivity index (χ0) is 16.5. The zero-order valence-corrected chi connectivity index (χ0v) is 13.0. The number of carbonyl (C=O) groups excluding carboxylic acids is 1. The third-order valence-corrected chi connectivity index (χ3v) is 4.05. The predicted octanol–water partition coefficient (Wildman–Crippen LogP) is 2.86. The molecule has 0 saturated carbocycles. The summed E-state index contributed by atoms with van der Waals surface area (Å²) in [5.41, 5.74) is 0.832. The fraction of sp³-hybridized carbons (Fsp3) is 0.235. The Kier molecular flexibility index (Phi) is 3.53. The van der Waals surface area contributed by atoms with Crippen molar-refractivity contribution in [3.05, 3.63) is 48.5 Å². The summed E-state index contributed by atoms with van der Waals surface area (Å²) in [5.74, 6) is 2.05. The van der Waals surface area contributed by atoms with Gasteiger partial charge in [-0.1, -0.05) is 5.16 Å². The number of hydrogen-bond donors (Lipinski definition) is 0. The van der Waals surface area contributed by atoms with Crippen molar-refractivity contribution in [3.63, 3.8) is 0 Å². The van der Waals surface area contributed by atoms with Crippen molar-refractivity contribution in [3.8, 4) is 17.4 Å². The van der Waals surface area contributed by atoms with E-state index in [0.29, 0.717) is 30.4 Å². The molecule has 4 rings (SSSR count). The normalized spacial score (nSPS) is 17.5. The summed E-state index contributed by atoms with van der Waals surface area (Å²) in [6, 6.07) is 10.9. The van der Waals surface area contributed by atoms with Crippen LogP contribution in [0.5, 0.6) is 5.75 Å². The number of methoxy groups -OCH3 is 1. The Bertz CT molecular complexity index is 839. The molecule has 0 N–H and O–H groups in total. The minimum atomic E-state index is -0.105. The standard InChI is InChI=1S/C17H15N3O4/c1-22-13-6-4-12(5-7-13)20-10-11(9-15(20)21)16-18-17(24-19-16)14-3-2-8-23-14/h2-8,11H,9-10H2,1H3. The van der Waals surface area contributed by atoms with Crippen LogP contribution in [-0.2, 0) is 4.79 Å². The van der Waals surface area contributed by atoms with E-state index in [1.807, 2.05) is 24.3 Å². The quantitative estimate of drug-likeness (QED) is 0.733. The first-order chi connectivity index (χ1) is 11.7. The summed E-state index contributed by atoms with van der Waals surface area (Å²) < 4.78 is 15.6. The van der Waals surface area contributed by atoms with Crippen molar-refractivity contribution in [2.75, 3.05) is 18.6 Å². The summed E-state index contributed by atoms with van der Waals surface area (Å²) in [5, 5.41) is 4.00. The maximum Gasteiger partial charge on any atom is 0.293 e. The van der Waals surface area contributed by atoms with E-state index in [-0.39, 0.29) is 11.8 Å². The number of carbonyl (C=O) groups is 1. The predicted molar refractivity (Wildman–Crippen MR) is 84.7 cm³/mol. The van der Waals surface area contributed by atoms with Crippen molar-refractivity contribution in [1.82, 2.24) is 10.1 Å². The lowest BCUT2D eigenvalue weighted by Crippen LogP contribution is -2.24. The van der Waals surface area contributed by atoms with Gasteiger partial charge in [-0.15, -0.1) is 0 Å². The number of nitrogens with zero attached hydrogens (tertiary/aromatic N) is 3. The minimum absolute atomic E-state index is 0.0366. The van der Waals surface area contributed by atoms with Gasteiger partial charge in [0, 0.05) is 24.6 Å². The first-order valence-electron chi connectivity index (χ1n) is 7.56. The van der Waals surface area contributed by atoms with E-state index in [1.165, 1.54) is 0 Å². The lowest BCUT2D eigenvalue weighted by atomic mass is 10.1.